The number of nitrogens with zero attached hydrogens (tertiary/aromatic N) is 2. The minimum Gasteiger partial charge on any atom is -0.341 e. The minimum absolute atomic E-state index is 0.0898. The highest BCUT2D eigenvalue weighted by atomic mass is 32.2. The molecule has 3 rings (SSSR count). The smallest absolute Gasteiger partial charge is 0.243 e. The molecule has 0 aromatic heterocycles. The van der Waals surface area contributed by atoms with Crippen LogP contribution in [0.3, 0.4) is 0 Å². The Morgan fingerprint density at radius 1 is 1.04 bits per heavy atom. The molecule has 2 N–H and O–H groups in total. The number of amides is 1. The van der Waals surface area contributed by atoms with Gasteiger partial charge in [0.2, 0.25) is 15.9 Å². The van der Waals surface area contributed by atoms with Crippen molar-refractivity contribution in [3.63, 3.8) is 0 Å². The molecule has 2 fully saturated rings. The highest BCUT2D eigenvalue weighted by molar-refractivity contribution is 7.89. The van der Waals surface area contributed by atoms with Gasteiger partial charge in [0.25, 0.3) is 0 Å². The fraction of sp³-hybridized carbons (Fsp3) is 0.632. The highest BCUT2D eigenvalue weighted by Gasteiger charge is 2.26. The van der Waals surface area contributed by atoms with Gasteiger partial charge in [0, 0.05) is 38.6 Å². The number of hydrogen-bond acceptors (Lipinski definition) is 4. The lowest BCUT2D eigenvalue weighted by atomic mass is 10.0. The van der Waals surface area contributed by atoms with Crippen LogP contribution in [0.1, 0.15) is 44.1 Å². The van der Waals surface area contributed by atoms with Crippen molar-refractivity contribution in [1.29, 1.82) is 0 Å². The number of likely N-dealkylation sites (tertiary alicyclic amines) is 1. The first-order chi connectivity index (χ1) is 12.5. The Morgan fingerprint density at radius 3 is 2.38 bits per heavy atom. The molecule has 1 amide bonds. The minimum atomic E-state index is -3.39. The molecular formula is C19H29N3O3S. The Morgan fingerprint density at radius 2 is 1.73 bits per heavy atom. The molecule has 26 heavy (non-hydrogen) atoms. The van der Waals surface area contributed by atoms with E-state index in [-0.39, 0.29) is 11.9 Å². The maximum absolute atomic E-state index is 12.7. The van der Waals surface area contributed by atoms with Gasteiger partial charge in [-0.3, -0.25) is 4.79 Å². The molecule has 1 aromatic rings. The quantitative estimate of drug-likeness (QED) is 0.845. The van der Waals surface area contributed by atoms with Crippen LogP contribution in [-0.4, -0.2) is 55.8 Å². The second-order valence-electron chi connectivity index (χ2n) is 7.35. The zero-order valence-corrected chi connectivity index (χ0v) is 16.1. The third kappa shape index (κ3) is 4.64. The monoisotopic (exact) mass is 379 g/mol. The van der Waals surface area contributed by atoms with Crippen LogP contribution in [0, 0.1) is 0 Å². The molecule has 2 heterocycles. The second kappa shape index (κ2) is 8.50. The number of nitrogens with two attached hydrogens (primary N) is 1. The molecule has 0 radical (unpaired) electrons. The maximum Gasteiger partial charge on any atom is 0.243 e. The molecular weight excluding hydrogens is 350 g/mol. The average molecular weight is 380 g/mol. The van der Waals surface area contributed by atoms with Crippen molar-refractivity contribution in [2.45, 2.75) is 55.9 Å². The Labute approximate surface area is 156 Å². The third-order valence-electron chi connectivity index (χ3n) is 5.31. The highest BCUT2D eigenvalue weighted by Crippen LogP contribution is 2.21. The summed E-state index contributed by atoms with van der Waals surface area (Å²) in [6.07, 6.45) is 5.96. The fourth-order valence-corrected chi connectivity index (χ4v) is 5.25. The van der Waals surface area contributed by atoms with Gasteiger partial charge in [0.1, 0.15) is 0 Å². The van der Waals surface area contributed by atoms with Gasteiger partial charge < -0.3 is 10.6 Å². The summed E-state index contributed by atoms with van der Waals surface area (Å²) in [5.41, 5.74) is 6.92. The summed E-state index contributed by atoms with van der Waals surface area (Å²) in [5, 5.41) is 0. The van der Waals surface area contributed by atoms with Crippen molar-refractivity contribution in [3.8, 4) is 0 Å². The molecule has 1 atom stereocenters. The molecule has 2 aliphatic rings. The summed E-state index contributed by atoms with van der Waals surface area (Å²) >= 11 is 0. The zero-order chi connectivity index (χ0) is 18.6. The Balaban J connectivity index is 1.56. The van der Waals surface area contributed by atoms with Gasteiger partial charge in [-0.2, -0.15) is 4.31 Å². The van der Waals surface area contributed by atoms with E-state index in [1.165, 1.54) is 0 Å². The van der Waals surface area contributed by atoms with Crippen LogP contribution < -0.4 is 5.73 Å². The van der Waals surface area contributed by atoms with Crippen LogP contribution in [-0.2, 0) is 21.2 Å². The summed E-state index contributed by atoms with van der Waals surface area (Å²) < 4.78 is 26.9. The van der Waals surface area contributed by atoms with Gasteiger partial charge >= 0.3 is 0 Å². The lowest BCUT2D eigenvalue weighted by molar-refractivity contribution is -0.132. The predicted octanol–water partition coefficient (Wildman–Crippen LogP) is 1.74. The predicted molar refractivity (Wildman–Crippen MR) is 101 cm³/mol. The Bertz CT molecular complexity index is 712. The topological polar surface area (TPSA) is 83.7 Å². The maximum atomic E-state index is 12.7. The Kier molecular flexibility index (Phi) is 6.32. The molecule has 6 nitrogen and oxygen atoms in total. The number of aryl methyl sites for hydroxylation is 1. The number of benzene rings is 1. The molecule has 144 valence electrons. The molecule has 1 unspecified atom stereocenters. The number of sulfonamides is 1. The summed E-state index contributed by atoms with van der Waals surface area (Å²) in [4.78, 5) is 14.5. The number of hydrogen-bond donors (Lipinski definition) is 1. The van der Waals surface area contributed by atoms with Gasteiger partial charge in [0.15, 0.2) is 0 Å². The lowest BCUT2D eigenvalue weighted by Crippen LogP contribution is -2.45. The van der Waals surface area contributed by atoms with Crippen LogP contribution >= 0.6 is 0 Å². The van der Waals surface area contributed by atoms with Crippen LogP contribution in [0.15, 0.2) is 29.2 Å². The van der Waals surface area contributed by atoms with E-state index in [1.54, 1.807) is 16.4 Å². The van der Waals surface area contributed by atoms with E-state index in [1.807, 2.05) is 17.0 Å². The van der Waals surface area contributed by atoms with Crippen molar-refractivity contribution in [2.24, 2.45) is 5.73 Å². The van der Waals surface area contributed by atoms with E-state index < -0.39 is 10.0 Å². The van der Waals surface area contributed by atoms with E-state index in [0.717, 1.165) is 44.2 Å². The number of carbonyl (C=O) groups excluding carboxylic acids is 1. The first kappa shape index (κ1) is 19.3. The van der Waals surface area contributed by atoms with Crippen molar-refractivity contribution in [3.05, 3.63) is 29.8 Å². The molecule has 7 heteroatoms. The van der Waals surface area contributed by atoms with Crippen LogP contribution in [0.4, 0.5) is 0 Å². The first-order valence-electron chi connectivity index (χ1n) is 9.59. The summed E-state index contributed by atoms with van der Waals surface area (Å²) in [6, 6.07) is 7.08. The summed E-state index contributed by atoms with van der Waals surface area (Å²) in [6.45, 7) is 2.65. The molecule has 0 aliphatic carbocycles. The second-order valence-corrected chi connectivity index (χ2v) is 9.29. The van der Waals surface area contributed by atoms with Gasteiger partial charge in [-0.25, -0.2) is 8.42 Å². The third-order valence-corrected chi connectivity index (χ3v) is 7.23. The number of rotatable bonds is 5. The molecule has 0 spiro atoms. The van der Waals surface area contributed by atoms with Gasteiger partial charge in [-0.1, -0.05) is 18.6 Å². The number of piperidine rings is 2. The van der Waals surface area contributed by atoms with Crippen molar-refractivity contribution < 1.29 is 13.2 Å². The average Bonchev–Trinajstić information content (AvgIpc) is 2.67. The van der Waals surface area contributed by atoms with E-state index in [9.17, 15) is 13.2 Å². The van der Waals surface area contributed by atoms with E-state index >= 15 is 0 Å². The van der Waals surface area contributed by atoms with Gasteiger partial charge in [-0.05, 0) is 49.8 Å². The van der Waals surface area contributed by atoms with Crippen LogP contribution in [0.2, 0.25) is 0 Å². The molecule has 2 aliphatic heterocycles. The summed E-state index contributed by atoms with van der Waals surface area (Å²) in [5.74, 6) is 0.130. The van der Waals surface area contributed by atoms with Gasteiger partial charge in [0.05, 0.1) is 4.90 Å². The first-order valence-corrected chi connectivity index (χ1v) is 11.0. The molecule has 1 aromatic carbocycles. The SMILES string of the molecule is NC1CCCN(C(=O)CCc2ccc(S(=O)(=O)N3CCCCC3)cc2)C1. The number of carbonyl (C=O) groups is 1. The van der Waals surface area contributed by atoms with Crippen LogP contribution in [0.25, 0.3) is 0 Å². The Hall–Kier alpha value is -1.44. The standard InChI is InChI=1S/C19H29N3O3S/c20-17-5-4-12-21(15-17)19(23)11-8-16-6-9-18(10-7-16)26(24,25)22-13-2-1-3-14-22/h6-7,9-10,17H,1-5,8,11-15,20H2. The van der Waals surface area contributed by atoms with Crippen LogP contribution in [0.5, 0.6) is 0 Å². The van der Waals surface area contributed by atoms with Crippen molar-refractivity contribution >= 4 is 15.9 Å². The molecule has 2 saturated heterocycles. The lowest BCUT2D eigenvalue weighted by Gasteiger charge is -2.30. The van der Waals surface area contributed by atoms with E-state index in [0.29, 0.717) is 37.4 Å². The van der Waals surface area contributed by atoms with E-state index in [4.69, 9.17) is 5.73 Å². The summed E-state index contributed by atoms with van der Waals surface area (Å²) in [7, 11) is -3.39. The molecule has 0 saturated carbocycles. The molecule has 0 bridgehead atoms. The normalized spacial score (nSPS) is 22.3. The van der Waals surface area contributed by atoms with E-state index in [2.05, 4.69) is 0 Å². The fourth-order valence-electron chi connectivity index (χ4n) is 3.73. The van der Waals surface area contributed by atoms with Gasteiger partial charge in [-0.15, -0.1) is 0 Å². The zero-order valence-electron chi connectivity index (χ0n) is 15.3. The van der Waals surface area contributed by atoms with Crippen molar-refractivity contribution in [2.75, 3.05) is 26.2 Å². The largest absolute Gasteiger partial charge is 0.341 e. The van der Waals surface area contributed by atoms with Crippen molar-refractivity contribution in [1.82, 2.24) is 9.21 Å².